The van der Waals surface area contributed by atoms with Gasteiger partial charge < -0.3 is 9.73 Å². The quantitative estimate of drug-likeness (QED) is 0.314. The predicted molar refractivity (Wildman–Crippen MR) is 114 cm³/mol. The number of oxazole rings is 1. The fraction of sp³-hybridized carbons (Fsp3) is 0.238. The maximum atomic E-state index is 12.2. The fourth-order valence-electron chi connectivity index (χ4n) is 3.33. The predicted octanol–water partition coefficient (Wildman–Crippen LogP) is 2.24. The van der Waals surface area contributed by atoms with Crippen LogP contribution in [0.1, 0.15) is 24.0 Å². The number of rotatable bonds is 9. The highest BCUT2D eigenvalue weighted by Crippen LogP contribution is 2.20. The Kier molecular flexibility index (Phi) is 6.06. The van der Waals surface area contributed by atoms with Crippen molar-refractivity contribution in [1.29, 1.82) is 0 Å². The summed E-state index contributed by atoms with van der Waals surface area (Å²) in [5.74, 6) is -0.736. The number of aromatic nitrogens is 4. The van der Waals surface area contributed by atoms with Gasteiger partial charge in [0.25, 0.3) is 5.69 Å². The van der Waals surface area contributed by atoms with Crippen LogP contribution >= 0.6 is 0 Å². The zero-order chi connectivity index (χ0) is 22.5. The summed E-state index contributed by atoms with van der Waals surface area (Å²) in [4.78, 5) is 38.4. The number of nitro benzene ring substituents is 1. The number of aryl methyl sites for hydroxylation is 1. The van der Waals surface area contributed by atoms with Crippen LogP contribution in [0.2, 0.25) is 0 Å². The molecule has 0 spiro atoms. The Morgan fingerprint density at radius 1 is 1.16 bits per heavy atom. The van der Waals surface area contributed by atoms with E-state index in [-0.39, 0.29) is 30.1 Å². The van der Waals surface area contributed by atoms with E-state index in [4.69, 9.17) is 4.42 Å². The van der Waals surface area contributed by atoms with Gasteiger partial charge in [-0.25, -0.2) is 14.5 Å². The van der Waals surface area contributed by atoms with E-state index in [2.05, 4.69) is 15.4 Å². The molecule has 11 heteroatoms. The molecule has 0 aliphatic rings. The summed E-state index contributed by atoms with van der Waals surface area (Å²) in [6.45, 7) is 1.30. The molecular formula is C21H20N6O5. The van der Waals surface area contributed by atoms with Crippen LogP contribution in [-0.4, -0.2) is 30.2 Å². The van der Waals surface area contributed by atoms with Gasteiger partial charge in [0.15, 0.2) is 5.58 Å². The Hall–Kier alpha value is -4.28. The normalized spacial score (nSPS) is 11.0. The zero-order valence-corrected chi connectivity index (χ0v) is 17.0. The van der Waals surface area contributed by atoms with Crippen molar-refractivity contribution in [2.75, 3.05) is 0 Å². The topological polar surface area (TPSA) is 138 Å². The number of hydrogen-bond acceptors (Lipinski definition) is 7. The monoisotopic (exact) mass is 436 g/mol. The summed E-state index contributed by atoms with van der Waals surface area (Å²) < 4.78 is 8.19. The van der Waals surface area contributed by atoms with Gasteiger partial charge in [-0.3, -0.25) is 19.5 Å². The van der Waals surface area contributed by atoms with Gasteiger partial charge in [0.05, 0.1) is 23.1 Å². The van der Waals surface area contributed by atoms with Gasteiger partial charge >= 0.3 is 5.76 Å². The lowest BCUT2D eigenvalue weighted by Gasteiger charge is -2.07. The number of hydrogen-bond donors (Lipinski definition) is 1. The van der Waals surface area contributed by atoms with Gasteiger partial charge in [0, 0.05) is 25.6 Å². The molecule has 4 rings (SSSR count). The molecule has 0 fully saturated rings. The number of carbonyl (C=O) groups excluding carboxylic acids is 1. The third-order valence-corrected chi connectivity index (χ3v) is 4.97. The van der Waals surface area contributed by atoms with Crippen LogP contribution in [0.5, 0.6) is 0 Å². The summed E-state index contributed by atoms with van der Waals surface area (Å²) in [6, 6.07) is 11.9. The summed E-state index contributed by atoms with van der Waals surface area (Å²) in [7, 11) is 0. The molecule has 11 nitrogen and oxygen atoms in total. The smallest absolute Gasteiger partial charge is 0.407 e. The average Bonchev–Trinajstić information content (AvgIpc) is 3.40. The van der Waals surface area contributed by atoms with E-state index in [0.717, 1.165) is 11.1 Å². The number of carbonyl (C=O) groups is 1. The molecule has 0 unspecified atom stereocenters. The number of non-ortho nitro benzene ring substituents is 1. The number of fused-ring (bicyclic) bond motifs is 1. The van der Waals surface area contributed by atoms with Crippen molar-refractivity contribution in [3.63, 3.8) is 0 Å². The van der Waals surface area contributed by atoms with Crippen molar-refractivity contribution >= 4 is 22.7 Å². The van der Waals surface area contributed by atoms with Crippen molar-refractivity contribution in [2.45, 2.75) is 32.5 Å². The van der Waals surface area contributed by atoms with Crippen LogP contribution in [0, 0.1) is 10.1 Å². The Morgan fingerprint density at radius 3 is 2.66 bits per heavy atom. The number of nitrogens with zero attached hydrogens (tertiary/aromatic N) is 5. The van der Waals surface area contributed by atoms with Crippen molar-refractivity contribution in [1.82, 2.24) is 24.6 Å². The molecule has 2 heterocycles. The number of nitro groups is 1. The second-order valence-corrected chi connectivity index (χ2v) is 7.22. The molecule has 0 saturated carbocycles. The summed E-state index contributed by atoms with van der Waals surface area (Å²) in [6.07, 6.45) is 3.80. The Bertz CT molecular complexity index is 1290. The van der Waals surface area contributed by atoms with E-state index in [9.17, 15) is 19.7 Å². The van der Waals surface area contributed by atoms with Gasteiger partial charge in [0.2, 0.25) is 5.91 Å². The molecule has 0 aliphatic carbocycles. The summed E-state index contributed by atoms with van der Waals surface area (Å²) in [5.41, 5.74) is 2.52. The van der Waals surface area contributed by atoms with Crippen LogP contribution in [-0.2, 0) is 24.4 Å². The third kappa shape index (κ3) is 4.89. The van der Waals surface area contributed by atoms with Gasteiger partial charge in [-0.05, 0) is 23.6 Å². The number of nitrogens with one attached hydrogen (secondary N) is 1. The zero-order valence-electron chi connectivity index (χ0n) is 17.0. The molecule has 2 aromatic heterocycles. The standard InChI is InChI=1S/C21H20N6O5/c28-20(23-11-15-3-5-16(6-4-15)12-25-14-22-13-24-25)2-1-9-26-18-8-7-17(27(30)31)10-19(18)32-21(26)29/h3-8,10,13-14H,1-2,9,11-12H2,(H,23,28). The first-order valence-corrected chi connectivity index (χ1v) is 9.94. The van der Waals surface area contributed by atoms with E-state index in [1.54, 1.807) is 11.0 Å². The Balaban J connectivity index is 1.26. The van der Waals surface area contributed by atoms with Crippen molar-refractivity contribution in [2.24, 2.45) is 0 Å². The average molecular weight is 436 g/mol. The highest BCUT2D eigenvalue weighted by Gasteiger charge is 2.14. The highest BCUT2D eigenvalue weighted by molar-refractivity contribution is 5.76. The van der Waals surface area contributed by atoms with Crippen molar-refractivity contribution in [3.8, 4) is 0 Å². The van der Waals surface area contributed by atoms with Gasteiger partial charge in [-0.15, -0.1) is 0 Å². The van der Waals surface area contributed by atoms with E-state index < -0.39 is 10.7 Å². The van der Waals surface area contributed by atoms with E-state index in [0.29, 0.717) is 25.0 Å². The van der Waals surface area contributed by atoms with E-state index in [1.807, 2.05) is 24.3 Å². The molecule has 1 N–H and O–H groups in total. The maximum Gasteiger partial charge on any atom is 0.419 e. The second kappa shape index (κ2) is 9.25. The van der Waals surface area contributed by atoms with E-state index in [1.165, 1.54) is 29.1 Å². The molecule has 0 radical (unpaired) electrons. The maximum absolute atomic E-state index is 12.2. The fourth-order valence-corrected chi connectivity index (χ4v) is 3.33. The molecule has 32 heavy (non-hydrogen) atoms. The lowest BCUT2D eigenvalue weighted by Crippen LogP contribution is -2.23. The molecule has 1 amide bonds. The first-order valence-electron chi connectivity index (χ1n) is 9.94. The minimum atomic E-state index is -0.605. The first-order chi connectivity index (χ1) is 15.5. The third-order valence-electron chi connectivity index (χ3n) is 4.97. The first kappa shape index (κ1) is 21.0. The minimum Gasteiger partial charge on any atom is -0.407 e. The lowest BCUT2D eigenvalue weighted by atomic mass is 10.1. The van der Waals surface area contributed by atoms with Gasteiger partial charge in [0.1, 0.15) is 12.7 Å². The molecule has 4 aromatic rings. The van der Waals surface area contributed by atoms with Crippen molar-refractivity contribution in [3.05, 3.63) is 86.9 Å². The molecular weight excluding hydrogens is 416 g/mol. The Morgan fingerprint density at radius 2 is 1.94 bits per heavy atom. The minimum absolute atomic E-state index is 0.131. The molecule has 0 saturated heterocycles. The van der Waals surface area contributed by atoms with Crippen LogP contribution in [0.15, 0.2) is 64.3 Å². The second-order valence-electron chi connectivity index (χ2n) is 7.22. The summed E-state index contributed by atoms with van der Waals surface area (Å²) in [5, 5.41) is 17.8. The Labute approximate surface area is 181 Å². The molecule has 164 valence electrons. The molecule has 0 bridgehead atoms. The van der Waals surface area contributed by atoms with Gasteiger partial charge in [-0.1, -0.05) is 24.3 Å². The summed E-state index contributed by atoms with van der Waals surface area (Å²) >= 11 is 0. The van der Waals surface area contributed by atoms with Crippen LogP contribution in [0.3, 0.4) is 0 Å². The van der Waals surface area contributed by atoms with Gasteiger partial charge in [-0.2, -0.15) is 5.10 Å². The van der Waals surface area contributed by atoms with Crippen molar-refractivity contribution < 1.29 is 14.1 Å². The number of benzene rings is 2. The van der Waals surface area contributed by atoms with Crippen LogP contribution in [0.25, 0.3) is 11.1 Å². The molecule has 2 aromatic carbocycles. The van der Waals surface area contributed by atoms with E-state index >= 15 is 0 Å². The van der Waals surface area contributed by atoms with Crippen LogP contribution in [0.4, 0.5) is 5.69 Å². The van der Waals surface area contributed by atoms with Crippen LogP contribution < -0.4 is 11.1 Å². The largest absolute Gasteiger partial charge is 0.419 e. The highest BCUT2D eigenvalue weighted by atomic mass is 16.6. The lowest BCUT2D eigenvalue weighted by molar-refractivity contribution is -0.384. The number of amides is 1. The molecule has 0 aliphatic heterocycles. The SMILES string of the molecule is O=C(CCCn1c(=O)oc2cc([N+](=O)[O-])ccc21)NCc1ccc(Cn2cncn2)cc1. The molecule has 0 atom stereocenters.